The minimum Gasteiger partial charge on any atom is -0.312 e. The summed E-state index contributed by atoms with van der Waals surface area (Å²) in [6, 6.07) is 10.6. The van der Waals surface area contributed by atoms with Gasteiger partial charge in [0.2, 0.25) is 0 Å². The van der Waals surface area contributed by atoms with Crippen molar-refractivity contribution in [2.75, 3.05) is 6.54 Å². The van der Waals surface area contributed by atoms with Crippen LogP contribution in [0, 0.1) is 18.3 Å². The van der Waals surface area contributed by atoms with Crippen molar-refractivity contribution < 1.29 is 0 Å². The zero-order valence-corrected chi connectivity index (χ0v) is 13.3. The SMILES string of the molecule is Cc1cc(CNCC(C)C(C)(C)C)c2ccccc2n1. The highest BCUT2D eigenvalue weighted by Gasteiger charge is 2.19. The van der Waals surface area contributed by atoms with Gasteiger partial charge >= 0.3 is 0 Å². The van der Waals surface area contributed by atoms with Crippen LogP contribution in [0.3, 0.4) is 0 Å². The first-order valence-electron chi connectivity index (χ1n) is 7.44. The van der Waals surface area contributed by atoms with E-state index in [0.717, 1.165) is 24.3 Å². The van der Waals surface area contributed by atoms with Gasteiger partial charge in [-0.3, -0.25) is 4.98 Å². The Balaban J connectivity index is 2.10. The van der Waals surface area contributed by atoms with Gasteiger partial charge in [0.15, 0.2) is 0 Å². The Labute approximate surface area is 122 Å². The molecule has 2 aromatic rings. The number of nitrogens with zero attached hydrogens (tertiary/aromatic N) is 1. The van der Waals surface area contributed by atoms with Gasteiger partial charge < -0.3 is 5.32 Å². The molecule has 1 N–H and O–H groups in total. The van der Waals surface area contributed by atoms with Crippen LogP contribution in [0.5, 0.6) is 0 Å². The molecule has 0 spiro atoms. The zero-order chi connectivity index (χ0) is 14.8. The Bertz CT molecular complexity index is 581. The zero-order valence-electron chi connectivity index (χ0n) is 13.3. The van der Waals surface area contributed by atoms with E-state index in [1.54, 1.807) is 0 Å². The molecule has 1 atom stereocenters. The minimum atomic E-state index is 0.350. The maximum absolute atomic E-state index is 4.59. The van der Waals surface area contributed by atoms with Crippen molar-refractivity contribution in [1.82, 2.24) is 10.3 Å². The molecule has 1 unspecified atom stereocenters. The molecular formula is C18H26N2. The summed E-state index contributed by atoms with van der Waals surface area (Å²) in [5, 5.41) is 4.86. The van der Waals surface area contributed by atoms with E-state index in [2.05, 4.69) is 69.2 Å². The topological polar surface area (TPSA) is 24.9 Å². The van der Waals surface area contributed by atoms with Gasteiger partial charge in [0, 0.05) is 17.6 Å². The van der Waals surface area contributed by atoms with E-state index in [-0.39, 0.29) is 0 Å². The van der Waals surface area contributed by atoms with Crippen LogP contribution >= 0.6 is 0 Å². The van der Waals surface area contributed by atoms with Gasteiger partial charge in [-0.25, -0.2) is 0 Å². The molecule has 2 rings (SSSR count). The van der Waals surface area contributed by atoms with E-state index in [0.29, 0.717) is 11.3 Å². The van der Waals surface area contributed by atoms with Crippen LogP contribution in [0.2, 0.25) is 0 Å². The molecule has 0 aliphatic carbocycles. The molecule has 0 aliphatic rings. The molecular weight excluding hydrogens is 244 g/mol. The number of para-hydroxylation sites is 1. The molecule has 1 heterocycles. The van der Waals surface area contributed by atoms with Gasteiger partial charge in [-0.1, -0.05) is 45.9 Å². The van der Waals surface area contributed by atoms with Crippen molar-refractivity contribution >= 4 is 10.9 Å². The Morgan fingerprint density at radius 2 is 1.90 bits per heavy atom. The number of hydrogen-bond donors (Lipinski definition) is 1. The predicted octanol–water partition coefficient (Wildman–Crippen LogP) is 4.32. The molecule has 0 aliphatic heterocycles. The number of pyridine rings is 1. The summed E-state index contributed by atoms with van der Waals surface area (Å²) in [6.07, 6.45) is 0. The number of fused-ring (bicyclic) bond motifs is 1. The average Bonchev–Trinajstić information content (AvgIpc) is 2.37. The predicted molar refractivity (Wildman–Crippen MR) is 86.8 cm³/mol. The molecule has 1 aromatic heterocycles. The first kappa shape index (κ1) is 15.0. The van der Waals surface area contributed by atoms with E-state index in [4.69, 9.17) is 0 Å². The highest BCUT2D eigenvalue weighted by atomic mass is 14.9. The van der Waals surface area contributed by atoms with Crippen LogP contribution in [0.1, 0.15) is 39.0 Å². The summed E-state index contributed by atoms with van der Waals surface area (Å²) in [5.74, 6) is 0.650. The Hall–Kier alpha value is -1.41. The molecule has 0 fully saturated rings. The highest BCUT2D eigenvalue weighted by molar-refractivity contribution is 5.82. The lowest BCUT2D eigenvalue weighted by Crippen LogP contribution is -2.29. The molecule has 0 amide bonds. The van der Waals surface area contributed by atoms with Crippen LogP contribution in [-0.4, -0.2) is 11.5 Å². The molecule has 20 heavy (non-hydrogen) atoms. The van der Waals surface area contributed by atoms with E-state index in [1.807, 2.05) is 6.07 Å². The second-order valence-corrected chi connectivity index (χ2v) is 6.84. The summed E-state index contributed by atoms with van der Waals surface area (Å²) in [4.78, 5) is 4.59. The maximum atomic E-state index is 4.59. The van der Waals surface area contributed by atoms with Crippen LogP contribution in [0.4, 0.5) is 0 Å². The van der Waals surface area contributed by atoms with Gasteiger partial charge in [-0.2, -0.15) is 0 Å². The third kappa shape index (κ3) is 3.57. The van der Waals surface area contributed by atoms with Gasteiger partial charge in [0.1, 0.15) is 0 Å². The standard InChI is InChI=1S/C18H26N2/c1-13(18(3,4)5)11-19-12-15-10-14(2)20-17-9-7-6-8-16(15)17/h6-10,13,19H,11-12H2,1-5H3. The van der Waals surface area contributed by atoms with Crippen molar-refractivity contribution in [2.24, 2.45) is 11.3 Å². The Morgan fingerprint density at radius 1 is 1.20 bits per heavy atom. The number of hydrogen-bond acceptors (Lipinski definition) is 2. The fraction of sp³-hybridized carbons (Fsp3) is 0.500. The second kappa shape index (κ2) is 5.92. The molecule has 0 saturated carbocycles. The Morgan fingerprint density at radius 3 is 2.60 bits per heavy atom. The third-order valence-corrected chi connectivity index (χ3v) is 4.17. The van der Waals surface area contributed by atoms with Gasteiger partial charge in [-0.15, -0.1) is 0 Å². The van der Waals surface area contributed by atoms with Crippen molar-refractivity contribution in [3.63, 3.8) is 0 Å². The number of nitrogens with one attached hydrogen (secondary N) is 1. The Kier molecular flexibility index (Phi) is 4.44. The fourth-order valence-electron chi connectivity index (χ4n) is 2.27. The van der Waals surface area contributed by atoms with Crippen molar-refractivity contribution in [3.8, 4) is 0 Å². The minimum absolute atomic E-state index is 0.350. The maximum Gasteiger partial charge on any atom is 0.0708 e. The second-order valence-electron chi connectivity index (χ2n) is 6.84. The van der Waals surface area contributed by atoms with Crippen LogP contribution in [0.15, 0.2) is 30.3 Å². The molecule has 0 saturated heterocycles. The number of benzene rings is 1. The lowest BCUT2D eigenvalue weighted by Gasteiger charge is -2.27. The smallest absolute Gasteiger partial charge is 0.0708 e. The number of rotatable bonds is 4. The van der Waals surface area contributed by atoms with E-state index in [9.17, 15) is 0 Å². The third-order valence-electron chi connectivity index (χ3n) is 4.17. The van der Waals surface area contributed by atoms with Gasteiger partial charge in [0.25, 0.3) is 0 Å². The first-order valence-corrected chi connectivity index (χ1v) is 7.44. The monoisotopic (exact) mass is 270 g/mol. The summed E-state index contributed by atoms with van der Waals surface area (Å²) in [5.41, 5.74) is 3.87. The van der Waals surface area contributed by atoms with Gasteiger partial charge in [0.05, 0.1) is 5.52 Å². The van der Waals surface area contributed by atoms with E-state index < -0.39 is 0 Å². The average molecular weight is 270 g/mol. The quantitative estimate of drug-likeness (QED) is 0.895. The van der Waals surface area contributed by atoms with Crippen LogP contribution in [-0.2, 0) is 6.54 Å². The molecule has 1 aromatic carbocycles. The molecule has 0 radical (unpaired) electrons. The summed E-state index contributed by atoms with van der Waals surface area (Å²) >= 11 is 0. The molecule has 2 nitrogen and oxygen atoms in total. The molecule has 108 valence electrons. The fourth-order valence-corrected chi connectivity index (χ4v) is 2.27. The van der Waals surface area contributed by atoms with Crippen molar-refractivity contribution in [3.05, 3.63) is 41.6 Å². The largest absolute Gasteiger partial charge is 0.312 e. The molecule has 0 bridgehead atoms. The first-order chi connectivity index (χ1) is 9.38. The van der Waals surface area contributed by atoms with Gasteiger partial charge in [-0.05, 0) is 42.5 Å². The van der Waals surface area contributed by atoms with Crippen molar-refractivity contribution in [2.45, 2.75) is 41.2 Å². The lowest BCUT2D eigenvalue weighted by atomic mass is 9.82. The lowest BCUT2D eigenvalue weighted by molar-refractivity contribution is 0.252. The van der Waals surface area contributed by atoms with E-state index in [1.165, 1.54) is 10.9 Å². The summed E-state index contributed by atoms with van der Waals surface area (Å²) in [7, 11) is 0. The summed E-state index contributed by atoms with van der Waals surface area (Å²) < 4.78 is 0. The normalized spacial score (nSPS) is 13.7. The van der Waals surface area contributed by atoms with Crippen LogP contribution < -0.4 is 5.32 Å². The highest BCUT2D eigenvalue weighted by Crippen LogP contribution is 2.24. The van der Waals surface area contributed by atoms with E-state index >= 15 is 0 Å². The number of aryl methyl sites for hydroxylation is 1. The summed E-state index contributed by atoms with van der Waals surface area (Å²) in [6.45, 7) is 13.2. The number of aromatic nitrogens is 1. The van der Waals surface area contributed by atoms with Crippen LogP contribution in [0.25, 0.3) is 10.9 Å². The van der Waals surface area contributed by atoms with Crippen molar-refractivity contribution in [1.29, 1.82) is 0 Å². The molecule has 2 heteroatoms.